The number of hydrogen-bond donors (Lipinski definition) is 2. The summed E-state index contributed by atoms with van der Waals surface area (Å²) in [4.78, 5) is 0. The van der Waals surface area contributed by atoms with Gasteiger partial charge >= 0.3 is 0 Å². The topological polar surface area (TPSA) is 40.5 Å². The van der Waals surface area contributed by atoms with Gasteiger partial charge in [-0.3, -0.25) is 0 Å². The summed E-state index contributed by atoms with van der Waals surface area (Å²) in [5.74, 6) is 0. The maximum atomic E-state index is 6.70. The molecule has 0 aromatic carbocycles. The third-order valence-corrected chi connectivity index (χ3v) is 1.45. The molecule has 0 bridgehead atoms. The fourth-order valence-electron chi connectivity index (χ4n) is 0. The Kier molecular flexibility index (Phi) is 1.02. The van der Waals surface area contributed by atoms with Gasteiger partial charge in [-0.15, -0.1) is 0 Å². The first-order valence-electron chi connectivity index (χ1n) is 3.47. The van der Waals surface area contributed by atoms with E-state index in [0.717, 1.165) is 0 Å². The minimum absolute atomic E-state index is 0.755. The van der Waals surface area contributed by atoms with E-state index in [-0.39, 0.29) is 0 Å². The zero-order chi connectivity index (χ0) is 8.41. The third kappa shape index (κ3) is 1.80. The van der Waals surface area contributed by atoms with Gasteiger partial charge in [-0.25, -0.2) is 0 Å². The highest BCUT2D eigenvalue weighted by molar-refractivity contribution is 4.84. The van der Waals surface area contributed by atoms with Crippen LogP contribution in [0.25, 0.3) is 0 Å². The first kappa shape index (κ1) is 4.77. The summed E-state index contributed by atoms with van der Waals surface area (Å²) >= 11 is 0. The number of hydrogen-bond acceptors (Lipinski definition) is 2. The molecule has 2 nitrogen and oxygen atoms in total. The maximum Gasteiger partial charge on any atom is 0.211 e. The minimum atomic E-state index is -0.755. The van der Waals surface area contributed by atoms with Crippen LogP contribution in [0.5, 0.6) is 0 Å². The van der Waals surface area contributed by atoms with E-state index in [1.807, 2.05) is 0 Å². The van der Waals surface area contributed by atoms with Crippen LogP contribution < -0.4 is 0 Å². The van der Waals surface area contributed by atoms with E-state index in [1.165, 1.54) is 0 Å². The Morgan fingerprint density at radius 3 is 1.38 bits per heavy atom. The lowest BCUT2D eigenvalue weighted by Crippen LogP contribution is -2.44. The second-order valence-electron chi connectivity index (χ2n) is 3.02. The van der Waals surface area contributed by atoms with E-state index in [9.17, 15) is 0 Å². The zero-order valence-corrected chi connectivity index (χ0v) is 5.82. The van der Waals surface area contributed by atoms with Crippen LogP contribution in [0.3, 0.4) is 0 Å². The normalized spacial score (nSPS) is 17.5. The van der Waals surface area contributed by atoms with Gasteiger partial charge in [0.05, 0.1) is 11.2 Å². The van der Waals surface area contributed by atoms with Crippen molar-refractivity contribution in [1.29, 1.82) is 2.86 Å². The fraction of sp³-hybridized carbons (Fsp3) is 1.00. The Morgan fingerprint density at radius 1 is 1.00 bits per heavy atom. The molecule has 0 aliphatic carbocycles. The standard InChI is InChI=1S/C6H14O2/c1-5(2,7)6(3,4)8/h7-8H,1-4H3/i7D,8D. The fourth-order valence-corrected chi connectivity index (χ4v) is 0. The van der Waals surface area contributed by atoms with Gasteiger partial charge in [-0.2, -0.15) is 0 Å². The second kappa shape index (κ2) is 1.71. The van der Waals surface area contributed by atoms with Crippen LogP contribution in [0.2, 0.25) is 0 Å². The summed E-state index contributed by atoms with van der Waals surface area (Å²) in [7, 11) is 0. The highest BCUT2D eigenvalue weighted by atomic mass is 16.3. The van der Waals surface area contributed by atoms with Crippen molar-refractivity contribution in [2.24, 2.45) is 0 Å². The molecule has 0 saturated heterocycles. The molecular formula is C6H14O2. The Labute approximate surface area is 53.1 Å². The first-order valence-corrected chi connectivity index (χ1v) is 2.66. The van der Waals surface area contributed by atoms with Crippen molar-refractivity contribution < 1.29 is 10.2 Å². The SMILES string of the molecule is [2H]OC(C)(C)C(C)(C)O[2H]. The van der Waals surface area contributed by atoms with Crippen molar-refractivity contribution in [3.8, 4) is 0 Å². The molecule has 0 aromatic rings. The van der Waals surface area contributed by atoms with Gasteiger partial charge < -0.3 is 10.2 Å². The average Bonchev–Trinajstić information content (AvgIpc) is 1.88. The molecule has 0 saturated carbocycles. The van der Waals surface area contributed by atoms with E-state index in [4.69, 9.17) is 2.86 Å². The number of rotatable bonds is 3. The quantitative estimate of drug-likeness (QED) is 0.570. The molecule has 0 atom stereocenters. The largest absolute Gasteiger partial charge is 0.387 e. The van der Waals surface area contributed by atoms with Gasteiger partial charge in [0.25, 0.3) is 0 Å². The van der Waals surface area contributed by atoms with Gasteiger partial charge in [-0.05, 0) is 27.7 Å². The Balaban J connectivity index is 4.28. The van der Waals surface area contributed by atoms with Crippen molar-refractivity contribution in [1.82, 2.24) is 0 Å². The lowest BCUT2D eigenvalue weighted by molar-refractivity contribution is -0.107. The molecule has 2 N–H and O–H groups in total. The summed E-state index contributed by atoms with van der Waals surface area (Å²) in [6, 6.07) is 0. The Hall–Kier alpha value is -0.0800. The molecule has 0 spiro atoms. The molecular weight excluding hydrogens is 104 g/mol. The monoisotopic (exact) mass is 120 g/mol. The summed E-state index contributed by atoms with van der Waals surface area (Å²) in [5, 5.41) is 8.80. The van der Waals surface area contributed by atoms with E-state index >= 15 is 0 Å². The van der Waals surface area contributed by atoms with Gasteiger partial charge in [-0.1, -0.05) is 0 Å². The molecule has 0 radical (unpaired) electrons. The molecule has 8 heavy (non-hydrogen) atoms. The predicted molar refractivity (Wildman–Crippen MR) is 32.6 cm³/mol. The van der Waals surface area contributed by atoms with Crippen LogP contribution >= 0.6 is 0 Å². The third-order valence-electron chi connectivity index (χ3n) is 1.45. The highest BCUT2D eigenvalue weighted by Gasteiger charge is 2.31. The smallest absolute Gasteiger partial charge is 0.211 e. The van der Waals surface area contributed by atoms with Gasteiger partial charge in [0, 0.05) is 0 Å². The second-order valence-corrected chi connectivity index (χ2v) is 3.02. The Bertz CT molecular complexity index is 98.3. The molecule has 0 aromatic heterocycles. The van der Waals surface area contributed by atoms with Crippen molar-refractivity contribution >= 4 is 0 Å². The van der Waals surface area contributed by atoms with Crippen LogP contribution in [-0.4, -0.2) is 24.3 Å². The molecule has 50 valence electrons. The Morgan fingerprint density at radius 2 is 1.25 bits per heavy atom. The molecule has 0 rings (SSSR count). The zero-order valence-electron chi connectivity index (χ0n) is 7.82. The molecule has 0 aliphatic heterocycles. The van der Waals surface area contributed by atoms with Crippen LogP contribution in [0.4, 0.5) is 0 Å². The van der Waals surface area contributed by atoms with Crippen LogP contribution in [-0.2, 0) is 0 Å². The molecule has 0 fully saturated rings. The predicted octanol–water partition coefficient (Wildman–Crippen LogP) is 0.528. The highest BCUT2D eigenvalue weighted by Crippen LogP contribution is 2.18. The van der Waals surface area contributed by atoms with Crippen molar-refractivity contribution in [3.05, 3.63) is 0 Å². The first-order chi connectivity index (χ1) is 4.37. The molecule has 2 heteroatoms. The summed E-state index contributed by atoms with van der Waals surface area (Å²) in [6.45, 7) is 6.81. The maximum absolute atomic E-state index is 6.70. The number of aliphatic hydroxyl groups is 2. The molecule has 0 aliphatic rings. The summed E-state index contributed by atoms with van der Waals surface area (Å²) in [5.41, 5.74) is -1.51. The molecule has 0 amide bonds. The lowest BCUT2D eigenvalue weighted by atomic mass is 9.90. The average molecular weight is 120 g/mol. The van der Waals surface area contributed by atoms with Crippen molar-refractivity contribution in [2.45, 2.75) is 38.9 Å². The summed E-state index contributed by atoms with van der Waals surface area (Å²) < 4.78 is 13.4. The minimum Gasteiger partial charge on any atom is -0.387 e. The van der Waals surface area contributed by atoms with Gasteiger partial charge in [0.2, 0.25) is 2.86 Å². The van der Waals surface area contributed by atoms with Gasteiger partial charge in [0.1, 0.15) is 0 Å². The van der Waals surface area contributed by atoms with Crippen LogP contribution in [0, 0.1) is 0 Å². The summed E-state index contributed by atoms with van der Waals surface area (Å²) in [6.07, 6.45) is 0. The van der Waals surface area contributed by atoms with E-state index < -0.39 is 11.2 Å². The lowest BCUT2D eigenvalue weighted by Gasteiger charge is -2.31. The van der Waals surface area contributed by atoms with Crippen molar-refractivity contribution in [3.63, 3.8) is 0 Å². The molecule has 0 unspecified atom stereocenters. The molecule has 0 heterocycles. The van der Waals surface area contributed by atoms with E-state index in [1.54, 1.807) is 27.7 Å². The van der Waals surface area contributed by atoms with Crippen LogP contribution in [0.1, 0.15) is 27.7 Å². The van der Waals surface area contributed by atoms with Crippen LogP contribution in [0.15, 0.2) is 0 Å². The van der Waals surface area contributed by atoms with Gasteiger partial charge in [0.15, 0.2) is 0 Å². The van der Waals surface area contributed by atoms with Crippen molar-refractivity contribution in [2.75, 3.05) is 0 Å². The van der Waals surface area contributed by atoms with E-state index in [2.05, 4.69) is 10.2 Å². The van der Waals surface area contributed by atoms with E-state index in [0.29, 0.717) is 0 Å².